The van der Waals surface area contributed by atoms with Gasteiger partial charge in [-0.25, -0.2) is 14.6 Å². The summed E-state index contributed by atoms with van der Waals surface area (Å²) in [5, 5.41) is 20.1. The second kappa shape index (κ2) is 12.7. The molecule has 2 aromatic heterocycles. The molecule has 0 aliphatic heterocycles. The number of anilines is 1. The van der Waals surface area contributed by atoms with Gasteiger partial charge in [-0.2, -0.15) is 0 Å². The van der Waals surface area contributed by atoms with E-state index in [2.05, 4.69) is 15.0 Å². The molecule has 3 N–H and O–H groups in total. The van der Waals surface area contributed by atoms with E-state index >= 15 is 0 Å². The fourth-order valence-corrected chi connectivity index (χ4v) is 3.11. The molecule has 38 heavy (non-hydrogen) atoms. The summed E-state index contributed by atoms with van der Waals surface area (Å²) >= 11 is 0. The molecule has 0 aliphatic rings. The van der Waals surface area contributed by atoms with Crippen LogP contribution in [0.2, 0.25) is 0 Å². The van der Waals surface area contributed by atoms with E-state index in [1.165, 1.54) is 56.1 Å². The van der Waals surface area contributed by atoms with Gasteiger partial charge in [0.15, 0.2) is 11.2 Å². The average Bonchev–Trinajstić information content (AvgIpc) is 3.25. The number of aryl methyl sites for hydroxylation is 2. The highest BCUT2D eigenvalue weighted by Gasteiger charge is 2.12. The molecule has 0 atom stereocenters. The lowest BCUT2D eigenvalue weighted by Gasteiger charge is -2.03. The number of aromatic nitrogens is 4. The largest absolute Gasteiger partial charge is 0.508 e. The molecule has 0 spiro atoms. The van der Waals surface area contributed by atoms with Crippen LogP contribution in [0.1, 0.15) is 24.2 Å². The van der Waals surface area contributed by atoms with Crippen molar-refractivity contribution in [2.24, 2.45) is 21.1 Å². The number of carboxylic acid groups (broad SMARTS) is 1. The Bertz CT molecular complexity index is 1580. The highest BCUT2D eigenvalue weighted by molar-refractivity contribution is 5.91. The van der Waals surface area contributed by atoms with Crippen molar-refractivity contribution >= 4 is 34.7 Å². The molecular formula is C25H27N5O8. The Morgan fingerprint density at radius 1 is 0.921 bits per heavy atom. The number of benzene rings is 2. The molecule has 200 valence electrons. The predicted octanol–water partition coefficient (Wildman–Crippen LogP) is 1.63. The van der Waals surface area contributed by atoms with Gasteiger partial charge in [-0.3, -0.25) is 23.5 Å². The molecule has 1 amide bonds. The van der Waals surface area contributed by atoms with Crippen LogP contribution in [0.3, 0.4) is 0 Å². The first-order valence-electron chi connectivity index (χ1n) is 11.0. The number of fused-ring (bicyclic) bond motifs is 1. The van der Waals surface area contributed by atoms with Crippen LogP contribution in [0.15, 0.2) is 64.4 Å². The van der Waals surface area contributed by atoms with E-state index in [0.717, 1.165) is 4.57 Å². The molecule has 4 rings (SSSR count). The third-order valence-electron chi connectivity index (χ3n) is 4.88. The summed E-state index contributed by atoms with van der Waals surface area (Å²) in [6, 6.07) is 12.3. The van der Waals surface area contributed by atoms with Crippen LogP contribution in [0.25, 0.3) is 11.2 Å². The number of hydrogen-bond acceptors (Lipinski definition) is 8. The number of imidazole rings is 1. The summed E-state index contributed by atoms with van der Waals surface area (Å²) in [6.07, 6.45) is 1.52. The first-order valence-corrected chi connectivity index (χ1v) is 11.0. The first kappa shape index (κ1) is 29.0. The van der Waals surface area contributed by atoms with Gasteiger partial charge < -0.3 is 24.8 Å². The molecule has 0 bridgehead atoms. The molecule has 4 aromatic rings. The Hall–Kier alpha value is -5.20. The minimum atomic E-state index is -1.11. The van der Waals surface area contributed by atoms with Gasteiger partial charge in [0.25, 0.3) is 5.56 Å². The number of nitrogens with one attached hydrogen (secondary N) is 1. The number of phenolic OH excluding ortho intramolecular Hbond substituents is 1. The predicted molar refractivity (Wildman–Crippen MR) is 138 cm³/mol. The van der Waals surface area contributed by atoms with Crippen molar-refractivity contribution < 1.29 is 29.3 Å². The lowest BCUT2D eigenvalue weighted by Crippen LogP contribution is -2.37. The molecular weight excluding hydrogens is 498 g/mol. The van der Waals surface area contributed by atoms with Crippen molar-refractivity contribution in [3.8, 4) is 11.5 Å². The zero-order valence-electron chi connectivity index (χ0n) is 21.3. The summed E-state index contributed by atoms with van der Waals surface area (Å²) in [5.74, 6) is -1.50. The van der Waals surface area contributed by atoms with Gasteiger partial charge in [-0.1, -0.05) is 12.1 Å². The van der Waals surface area contributed by atoms with Crippen molar-refractivity contribution in [3.05, 3.63) is 81.3 Å². The minimum Gasteiger partial charge on any atom is -0.508 e. The zero-order valence-corrected chi connectivity index (χ0v) is 21.3. The standard InChI is InChI=1S/C9H8O4.C8H10N4O2.C8H9NO2/c1-6(10)13-8-5-3-2-4-7(8)9(11)12;1-10-4-9-6-5(10)7(13)12(3)8(14)11(6)2;1-6(10)9-7-2-4-8(11)5-3-7/h2-5H,1H3,(H,11,12);4H,1-3H3;2-5,11H,1H3,(H,9,10). The SMILES string of the molecule is CC(=O)Nc1ccc(O)cc1.CC(=O)Oc1ccccc1C(=O)O.Cn1c(=O)c2c(ncn2C)n(C)c1=O. The molecule has 2 aromatic carbocycles. The number of carbonyl (C=O) groups is 3. The van der Waals surface area contributed by atoms with Crippen LogP contribution >= 0.6 is 0 Å². The normalized spacial score (nSPS) is 9.92. The summed E-state index contributed by atoms with van der Waals surface area (Å²) in [6.45, 7) is 2.66. The van der Waals surface area contributed by atoms with Crippen molar-refractivity contribution in [3.63, 3.8) is 0 Å². The number of ether oxygens (including phenoxy) is 1. The number of aromatic hydroxyl groups is 1. The van der Waals surface area contributed by atoms with Gasteiger partial charge in [0.2, 0.25) is 5.91 Å². The summed E-state index contributed by atoms with van der Waals surface area (Å²) in [7, 11) is 4.77. The van der Waals surface area contributed by atoms with Gasteiger partial charge in [0.05, 0.1) is 6.33 Å². The maximum atomic E-state index is 11.7. The maximum absolute atomic E-state index is 11.7. The fraction of sp³-hybridized carbons (Fsp3) is 0.200. The lowest BCUT2D eigenvalue weighted by molar-refractivity contribution is -0.131. The van der Waals surface area contributed by atoms with Gasteiger partial charge in [0.1, 0.15) is 17.1 Å². The van der Waals surface area contributed by atoms with Crippen molar-refractivity contribution in [2.75, 3.05) is 5.32 Å². The first-order chi connectivity index (χ1) is 17.8. The van der Waals surface area contributed by atoms with E-state index in [4.69, 9.17) is 10.2 Å². The van der Waals surface area contributed by atoms with E-state index in [1.54, 1.807) is 42.9 Å². The van der Waals surface area contributed by atoms with Crippen LogP contribution in [0.4, 0.5) is 5.69 Å². The Morgan fingerprint density at radius 2 is 1.53 bits per heavy atom. The topological polar surface area (TPSA) is 175 Å². The number of amides is 1. The molecule has 0 saturated carbocycles. The number of aromatic carboxylic acids is 1. The number of hydrogen-bond donors (Lipinski definition) is 3. The van der Waals surface area contributed by atoms with E-state index in [1.807, 2.05) is 0 Å². The summed E-state index contributed by atoms with van der Waals surface area (Å²) in [5.41, 5.74) is 0.854. The molecule has 2 heterocycles. The molecule has 13 nitrogen and oxygen atoms in total. The molecule has 0 fully saturated rings. The fourth-order valence-electron chi connectivity index (χ4n) is 3.11. The quantitative estimate of drug-likeness (QED) is 0.204. The van der Waals surface area contributed by atoms with Crippen molar-refractivity contribution in [1.29, 1.82) is 0 Å². The number of rotatable bonds is 3. The third-order valence-corrected chi connectivity index (χ3v) is 4.88. The van der Waals surface area contributed by atoms with Gasteiger partial charge in [-0.15, -0.1) is 0 Å². The van der Waals surface area contributed by atoms with Crippen LogP contribution in [-0.4, -0.2) is 46.7 Å². The second-order valence-electron chi connectivity index (χ2n) is 7.86. The Labute approximate surface area is 216 Å². The molecule has 0 unspecified atom stereocenters. The molecule has 0 saturated heterocycles. The highest BCUT2D eigenvalue weighted by atomic mass is 16.5. The van der Waals surface area contributed by atoms with Crippen LogP contribution in [-0.2, 0) is 30.7 Å². The molecule has 13 heteroatoms. The van der Waals surface area contributed by atoms with E-state index in [9.17, 15) is 24.0 Å². The Morgan fingerprint density at radius 3 is 2.08 bits per heavy atom. The maximum Gasteiger partial charge on any atom is 0.339 e. The molecule has 0 aliphatic carbocycles. The number of esters is 1. The number of carbonyl (C=O) groups excluding carboxylic acids is 2. The number of para-hydroxylation sites is 1. The summed E-state index contributed by atoms with van der Waals surface area (Å²) < 4.78 is 8.73. The van der Waals surface area contributed by atoms with Gasteiger partial charge in [0, 0.05) is 40.7 Å². The van der Waals surface area contributed by atoms with Crippen molar-refractivity contribution in [2.45, 2.75) is 13.8 Å². The average molecular weight is 526 g/mol. The van der Waals surface area contributed by atoms with E-state index < -0.39 is 11.9 Å². The number of carboxylic acids is 1. The van der Waals surface area contributed by atoms with Crippen LogP contribution in [0, 0.1) is 0 Å². The lowest BCUT2D eigenvalue weighted by atomic mass is 10.2. The van der Waals surface area contributed by atoms with Gasteiger partial charge in [-0.05, 0) is 36.4 Å². The zero-order chi connectivity index (χ0) is 28.6. The highest BCUT2D eigenvalue weighted by Crippen LogP contribution is 2.17. The molecule has 0 radical (unpaired) electrons. The number of nitrogens with zero attached hydrogens (tertiary/aromatic N) is 4. The van der Waals surface area contributed by atoms with Crippen LogP contribution in [0.5, 0.6) is 11.5 Å². The second-order valence-corrected chi connectivity index (χ2v) is 7.86. The monoisotopic (exact) mass is 525 g/mol. The summed E-state index contributed by atoms with van der Waals surface area (Å²) in [4.78, 5) is 58.9. The van der Waals surface area contributed by atoms with E-state index in [0.29, 0.717) is 16.9 Å². The Balaban J connectivity index is 0.000000202. The van der Waals surface area contributed by atoms with E-state index in [-0.39, 0.29) is 34.2 Å². The van der Waals surface area contributed by atoms with Crippen LogP contribution < -0.4 is 21.3 Å². The van der Waals surface area contributed by atoms with Crippen molar-refractivity contribution in [1.82, 2.24) is 18.7 Å². The Kier molecular flexibility index (Phi) is 9.68. The smallest absolute Gasteiger partial charge is 0.339 e. The van der Waals surface area contributed by atoms with Gasteiger partial charge >= 0.3 is 17.6 Å². The third kappa shape index (κ3) is 7.40. The minimum absolute atomic E-state index is 0.0160. The number of phenols is 1.